The number of non-ortho nitro benzene ring substituents is 1. The monoisotopic (exact) mass is 480 g/mol. The van der Waals surface area contributed by atoms with Gasteiger partial charge in [0, 0.05) is 23.4 Å². The SMILES string of the molecule is O=C(Nc1ccc2ccccc2c1)NC(NC(=O)c1cccc([N+](=O)[O-])c1)C(Cl)(Cl)Cl. The third-order valence-electron chi connectivity index (χ3n) is 4.20. The lowest BCUT2D eigenvalue weighted by molar-refractivity contribution is -0.384. The molecule has 0 radical (unpaired) electrons. The highest BCUT2D eigenvalue weighted by atomic mass is 35.6. The van der Waals surface area contributed by atoms with Crippen LogP contribution < -0.4 is 16.0 Å². The first-order chi connectivity index (χ1) is 14.6. The highest BCUT2D eigenvalue weighted by Gasteiger charge is 2.35. The third-order valence-corrected chi connectivity index (χ3v) is 4.86. The Labute approximate surface area is 191 Å². The normalized spacial score (nSPS) is 12.1. The second kappa shape index (κ2) is 9.38. The summed E-state index contributed by atoms with van der Waals surface area (Å²) in [5.41, 5.74) is 0.176. The number of amides is 3. The molecule has 0 aromatic heterocycles. The maximum Gasteiger partial charge on any atom is 0.320 e. The number of rotatable bonds is 5. The molecular weight excluding hydrogens is 467 g/mol. The Morgan fingerprint density at radius 2 is 1.61 bits per heavy atom. The molecule has 8 nitrogen and oxygen atoms in total. The van der Waals surface area contributed by atoms with Gasteiger partial charge in [-0.05, 0) is 29.0 Å². The molecule has 0 spiro atoms. The molecule has 0 aliphatic carbocycles. The van der Waals surface area contributed by atoms with Crippen molar-refractivity contribution in [3.8, 4) is 0 Å². The van der Waals surface area contributed by atoms with Crippen LogP contribution in [0.15, 0.2) is 66.7 Å². The van der Waals surface area contributed by atoms with E-state index < -0.39 is 26.8 Å². The van der Waals surface area contributed by atoms with Crippen molar-refractivity contribution < 1.29 is 14.5 Å². The van der Waals surface area contributed by atoms with E-state index in [2.05, 4.69) is 16.0 Å². The van der Waals surface area contributed by atoms with E-state index in [1.54, 1.807) is 12.1 Å². The van der Waals surface area contributed by atoms with E-state index in [1.807, 2.05) is 30.3 Å². The van der Waals surface area contributed by atoms with Crippen molar-refractivity contribution in [3.63, 3.8) is 0 Å². The number of fused-ring (bicyclic) bond motifs is 1. The van der Waals surface area contributed by atoms with Crippen LogP contribution in [0, 0.1) is 10.1 Å². The summed E-state index contributed by atoms with van der Waals surface area (Å²) in [5.74, 6) is -0.772. The lowest BCUT2D eigenvalue weighted by Gasteiger charge is -2.26. The van der Waals surface area contributed by atoms with Gasteiger partial charge in [-0.1, -0.05) is 71.2 Å². The minimum absolute atomic E-state index is 0.0369. The second-order valence-electron chi connectivity index (χ2n) is 6.42. The Morgan fingerprint density at radius 1 is 0.903 bits per heavy atom. The number of nitro groups is 1. The summed E-state index contributed by atoms with van der Waals surface area (Å²) in [6.07, 6.45) is -1.43. The molecule has 3 aromatic carbocycles. The van der Waals surface area contributed by atoms with Gasteiger partial charge in [-0.15, -0.1) is 0 Å². The van der Waals surface area contributed by atoms with Crippen molar-refractivity contribution in [1.29, 1.82) is 0 Å². The summed E-state index contributed by atoms with van der Waals surface area (Å²) in [6.45, 7) is 0. The zero-order valence-corrected chi connectivity index (χ0v) is 17.9. The van der Waals surface area contributed by atoms with E-state index in [0.29, 0.717) is 5.69 Å². The number of anilines is 1. The maximum atomic E-state index is 12.5. The van der Waals surface area contributed by atoms with E-state index >= 15 is 0 Å². The lowest BCUT2D eigenvalue weighted by Crippen LogP contribution is -2.56. The lowest BCUT2D eigenvalue weighted by atomic mass is 10.1. The molecule has 3 rings (SSSR count). The molecule has 0 saturated heterocycles. The molecule has 3 aromatic rings. The van der Waals surface area contributed by atoms with Gasteiger partial charge in [0.2, 0.25) is 3.79 Å². The third kappa shape index (κ3) is 5.97. The van der Waals surface area contributed by atoms with Crippen molar-refractivity contribution in [3.05, 3.63) is 82.4 Å². The van der Waals surface area contributed by atoms with E-state index in [9.17, 15) is 19.7 Å². The van der Waals surface area contributed by atoms with Gasteiger partial charge in [0.15, 0.2) is 6.17 Å². The van der Waals surface area contributed by atoms with Gasteiger partial charge < -0.3 is 16.0 Å². The van der Waals surface area contributed by atoms with Crippen LogP contribution in [-0.2, 0) is 0 Å². The molecule has 1 unspecified atom stereocenters. The first-order valence-corrected chi connectivity index (χ1v) is 9.95. The zero-order chi connectivity index (χ0) is 22.6. The van der Waals surface area contributed by atoms with Gasteiger partial charge in [0.25, 0.3) is 11.6 Å². The number of benzene rings is 3. The van der Waals surface area contributed by atoms with Gasteiger partial charge in [0.05, 0.1) is 4.92 Å². The van der Waals surface area contributed by atoms with Crippen LogP contribution in [0.4, 0.5) is 16.2 Å². The highest BCUT2D eigenvalue weighted by Crippen LogP contribution is 2.29. The fourth-order valence-electron chi connectivity index (χ4n) is 2.74. The van der Waals surface area contributed by atoms with Crippen molar-refractivity contribution in [2.24, 2.45) is 0 Å². The fourth-order valence-corrected chi connectivity index (χ4v) is 3.07. The summed E-state index contributed by atoms with van der Waals surface area (Å²) in [6, 6.07) is 17.2. The molecule has 0 bridgehead atoms. The molecule has 3 amide bonds. The first kappa shape index (κ1) is 22.6. The van der Waals surface area contributed by atoms with E-state index in [0.717, 1.165) is 16.8 Å². The fraction of sp³-hybridized carbons (Fsp3) is 0.100. The van der Waals surface area contributed by atoms with Crippen molar-refractivity contribution in [2.75, 3.05) is 5.32 Å². The van der Waals surface area contributed by atoms with E-state index in [1.165, 1.54) is 18.2 Å². The van der Waals surface area contributed by atoms with Crippen LogP contribution in [0.3, 0.4) is 0 Å². The molecule has 1 atom stereocenters. The van der Waals surface area contributed by atoms with Crippen LogP contribution in [0.25, 0.3) is 10.8 Å². The number of hydrogen-bond donors (Lipinski definition) is 3. The van der Waals surface area contributed by atoms with Crippen LogP contribution >= 0.6 is 34.8 Å². The minimum atomic E-state index is -2.10. The van der Waals surface area contributed by atoms with Crippen molar-refractivity contribution in [1.82, 2.24) is 10.6 Å². The molecule has 31 heavy (non-hydrogen) atoms. The Bertz CT molecular complexity index is 1150. The Morgan fingerprint density at radius 3 is 2.29 bits per heavy atom. The van der Waals surface area contributed by atoms with Gasteiger partial charge in [-0.2, -0.15) is 0 Å². The van der Waals surface area contributed by atoms with Crippen LogP contribution in [0.5, 0.6) is 0 Å². The number of hydrogen-bond acceptors (Lipinski definition) is 4. The van der Waals surface area contributed by atoms with Crippen molar-refractivity contribution in [2.45, 2.75) is 9.96 Å². The number of nitro benzene ring substituents is 1. The Balaban J connectivity index is 1.71. The quantitative estimate of drug-likeness (QED) is 0.206. The molecule has 0 aliphatic heterocycles. The largest absolute Gasteiger partial charge is 0.328 e. The van der Waals surface area contributed by atoms with Crippen LogP contribution in [0.2, 0.25) is 0 Å². The number of urea groups is 1. The Kier molecular flexibility index (Phi) is 6.84. The van der Waals surface area contributed by atoms with Gasteiger partial charge in [-0.25, -0.2) is 4.79 Å². The molecular formula is C20H15Cl3N4O4. The topological polar surface area (TPSA) is 113 Å². The number of halogens is 3. The molecule has 3 N–H and O–H groups in total. The molecule has 160 valence electrons. The van der Waals surface area contributed by atoms with Crippen molar-refractivity contribution >= 4 is 68.9 Å². The zero-order valence-electron chi connectivity index (χ0n) is 15.6. The smallest absolute Gasteiger partial charge is 0.320 e. The average molecular weight is 482 g/mol. The average Bonchev–Trinajstić information content (AvgIpc) is 2.72. The maximum absolute atomic E-state index is 12.5. The van der Waals surface area contributed by atoms with E-state index in [4.69, 9.17) is 34.8 Å². The number of alkyl halides is 3. The van der Waals surface area contributed by atoms with Gasteiger partial charge in [-0.3, -0.25) is 14.9 Å². The number of carbonyl (C=O) groups excluding carboxylic acids is 2. The minimum Gasteiger partial charge on any atom is -0.328 e. The predicted octanol–water partition coefficient (Wildman–Crippen LogP) is 5.00. The number of nitrogens with one attached hydrogen (secondary N) is 3. The summed E-state index contributed by atoms with van der Waals surface area (Å²) in [5, 5.41) is 20.2. The molecule has 0 fully saturated rings. The number of carbonyl (C=O) groups is 2. The second-order valence-corrected chi connectivity index (χ2v) is 8.78. The van der Waals surface area contributed by atoms with Crippen LogP contribution in [-0.4, -0.2) is 26.8 Å². The molecule has 0 saturated carbocycles. The summed E-state index contributed by atoms with van der Waals surface area (Å²) in [7, 11) is 0. The Hall–Kier alpha value is -3.07. The van der Waals surface area contributed by atoms with Crippen LogP contribution in [0.1, 0.15) is 10.4 Å². The van der Waals surface area contributed by atoms with Gasteiger partial charge >= 0.3 is 6.03 Å². The summed E-state index contributed by atoms with van der Waals surface area (Å²) < 4.78 is -2.10. The molecule has 0 heterocycles. The van der Waals surface area contributed by atoms with E-state index in [-0.39, 0.29) is 11.3 Å². The molecule has 11 heteroatoms. The van der Waals surface area contributed by atoms with Gasteiger partial charge in [0.1, 0.15) is 0 Å². The standard InChI is InChI=1S/C20H15Cl3N4O4/c21-20(22,23)18(25-17(28)14-6-3-7-16(11-14)27(30)31)26-19(29)24-15-9-8-12-4-1-2-5-13(12)10-15/h1-11,18H,(H,25,28)(H2,24,26,29). The molecule has 0 aliphatic rings. The highest BCUT2D eigenvalue weighted by molar-refractivity contribution is 6.68. The first-order valence-electron chi connectivity index (χ1n) is 8.82. The summed E-state index contributed by atoms with van der Waals surface area (Å²) in [4.78, 5) is 35.2. The predicted molar refractivity (Wildman–Crippen MR) is 121 cm³/mol. The number of nitrogens with zero attached hydrogens (tertiary/aromatic N) is 1. The summed E-state index contributed by atoms with van der Waals surface area (Å²) >= 11 is 17.7.